The van der Waals surface area contributed by atoms with Gasteiger partial charge in [0.1, 0.15) is 5.52 Å². The number of hydrogen-bond donors (Lipinski definition) is 2. The van der Waals surface area contributed by atoms with Crippen LogP contribution in [0.5, 0.6) is 0 Å². The van der Waals surface area contributed by atoms with E-state index in [9.17, 15) is 18.0 Å². The van der Waals surface area contributed by atoms with E-state index in [-0.39, 0.29) is 34.2 Å². The lowest BCUT2D eigenvalue weighted by Crippen LogP contribution is -2.42. The standard InChI is InChI=1S/C23H28N4O5S/c1-2-32-23(29)18-13-24-21-20(18)17-12-16(7-8-19(17)25-22(21)28)33(30,31)27-11-5-6-15(27)14-26-9-3-4-10-26/h7-8,12-13,15,24H,2-6,9-11,14H2,1H3,(H,25,28). The zero-order chi connectivity index (χ0) is 23.2. The third-order valence-electron chi connectivity index (χ3n) is 6.71. The Kier molecular flexibility index (Phi) is 5.75. The molecular weight excluding hydrogens is 444 g/mol. The van der Waals surface area contributed by atoms with Crippen molar-refractivity contribution in [3.8, 4) is 0 Å². The molecule has 10 heteroatoms. The van der Waals surface area contributed by atoms with Crippen molar-refractivity contribution in [2.75, 3.05) is 32.8 Å². The van der Waals surface area contributed by atoms with Crippen molar-refractivity contribution in [3.05, 3.63) is 40.3 Å². The molecule has 1 unspecified atom stereocenters. The molecule has 9 nitrogen and oxygen atoms in total. The third kappa shape index (κ3) is 3.85. The van der Waals surface area contributed by atoms with Gasteiger partial charge in [0.2, 0.25) is 10.0 Å². The van der Waals surface area contributed by atoms with Gasteiger partial charge in [-0.1, -0.05) is 0 Å². The minimum absolute atomic E-state index is 0.0400. The van der Waals surface area contributed by atoms with Gasteiger partial charge in [-0.25, -0.2) is 13.2 Å². The van der Waals surface area contributed by atoms with Gasteiger partial charge < -0.3 is 19.6 Å². The summed E-state index contributed by atoms with van der Waals surface area (Å²) >= 11 is 0. The number of carbonyl (C=O) groups is 1. The van der Waals surface area contributed by atoms with E-state index in [1.54, 1.807) is 23.4 Å². The zero-order valence-corrected chi connectivity index (χ0v) is 19.4. The van der Waals surface area contributed by atoms with E-state index in [0.717, 1.165) is 45.3 Å². The molecule has 2 aliphatic heterocycles. The smallest absolute Gasteiger partial charge is 0.340 e. The number of H-pyrrole nitrogens is 2. The molecule has 2 aliphatic rings. The Balaban J connectivity index is 1.58. The average Bonchev–Trinajstić information content (AvgIpc) is 3.55. The van der Waals surface area contributed by atoms with Crippen LogP contribution in [0.2, 0.25) is 0 Å². The molecule has 3 aromatic rings. The van der Waals surface area contributed by atoms with Gasteiger partial charge in [0.05, 0.1) is 17.1 Å². The van der Waals surface area contributed by atoms with E-state index in [4.69, 9.17) is 4.74 Å². The Hall–Kier alpha value is -2.69. The molecule has 1 atom stereocenters. The Bertz CT molecular complexity index is 1370. The number of benzene rings is 1. The van der Waals surface area contributed by atoms with Crippen molar-refractivity contribution in [2.24, 2.45) is 0 Å². The molecule has 0 amide bonds. The molecule has 2 saturated heterocycles. The van der Waals surface area contributed by atoms with E-state index in [1.165, 1.54) is 12.3 Å². The topological polar surface area (TPSA) is 116 Å². The summed E-state index contributed by atoms with van der Waals surface area (Å²) in [7, 11) is -3.74. The van der Waals surface area contributed by atoms with E-state index in [0.29, 0.717) is 22.8 Å². The number of aromatic nitrogens is 2. The number of sulfonamides is 1. The summed E-state index contributed by atoms with van der Waals surface area (Å²) < 4.78 is 34.1. The highest BCUT2D eigenvalue weighted by Gasteiger charge is 2.36. The van der Waals surface area contributed by atoms with Crippen LogP contribution in [0.3, 0.4) is 0 Å². The van der Waals surface area contributed by atoms with E-state index in [1.807, 2.05) is 0 Å². The van der Waals surface area contributed by atoms with Gasteiger partial charge in [0, 0.05) is 41.6 Å². The van der Waals surface area contributed by atoms with Crippen molar-refractivity contribution >= 4 is 37.8 Å². The van der Waals surface area contributed by atoms with Crippen molar-refractivity contribution in [3.63, 3.8) is 0 Å². The van der Waals surface area contributed by atoms with E-state index in [2.05, 4.69) is 14.9 Å². The number of nitrogens with zero attached hydrogens (tertiary/aromatic N) is 2. The maximum atomic E-state index is 13.7. The number of fused-ring (bicyclic) bond motifs is 3. The van der Waals surface area contributed by atoms with Crippen LogP contribution in [0.1, 0.15) is 43.0 Å². The summed E-state index contributed by atoms with van der Waals surface area (Å²) in [4.78, 5) is 33.1. The average molecular weight is 473 g/mol. The van der Waals surface area contributed by atoms with Gasteiger partial charge in [0.25, 0.3) is 5.56 Å². The molecule has 176 valence electrons. The summed E-state index contributed by atoms with van der Waals surface area (Å²) in [6.45, 7) is 5.20. The number of likely N-dealkylation sites (tertiary alicyclic amines) is 1. The number of hydrogen-bond acceptors (Lipinski definition) is 6. The highest BCUT2D eigenvalue weighted by molar-refractivity contribution is 7.89. The first-order chi connectivity index (χ1) is 15.9. The summed E-state index contributed by atoms with van der Waals surface area (Å²) in [6.07, 6.45) is 5.46. The van der Waals surface area contributed by atoms with Gasteiger partial charge in [-0.15, -0.1) is 0 Å². The molecule has 2 N–H and O–H groups in total. The number of nitrogens with one attached hydrogen (secondary N) is 2. The van der Waals surface area contributed by atoms with Crippen LogP contribution < -0.4 is 5.56 Å². The van der Waals surface area contributed by atoms with Gasteiger partial charge in [-0.2, -0.15) is 4.31 Å². The van der Waals surface area contributed by atoms with Gasteiger partial charge >= 0.3 is 5.97 Å². The SMILES string of the molecule is CCOC(=O)c1c[nH]c2c(=O)[nH]c3ccc(S(=O)(=O)N4CCCC4CN4CCCC4)cc3c12. The molecular formula is C23H28N4O5S. The maximum Gasteiger partial charge on any atom is 0.340 e. The van der Waals surface area contributed by atoms with Crippen molar-refractivity contribution in [1.29, 1.82) is 0 Å². The number of esters is 1. The summed E-state index contributed by atoms with van der Waals surface area (Å²) in [5, 5.41) is 0.865. The van der Waals surface area contributed by atoms with Crippen LogP contribution in [0, 0.1) is 0 Å². The highest BCUT2D eigenvalue weighted by atomic mass is 32.2. The molecule has 0 spiro atoms. The molecule has 0 saturated carbocycles. The van der Waals surface area contributed by atoms with Gasteiger partial charge in [-0.05, 0) is 63.9 Å². The summed E-state index contributed by atoms with van der Waals surface area (Å²) in [5.41, 5.74) is 0.513. The fourth-order valence-corrected chi connectivity index (χ4v) is 6.85. The molecule has 0 radical (unpaired) electrons. The van der Waals surface area contributed by atoms with E-state index >= 15 is 0 Å². The molecule has 0 bridgehead atoms. The second kappa shape index (κ2) is 8.58. The van der Waals surface area contributed by atoms with Crippen molar-refractivity contribution in [2.45, 2.75) is 43.5 Å². The first-order valence-corrected chi connectivity index (χ1v) is 12.9. The van der Waals surface area contributed by atoms with Crippen LogP contribution >= 0.6 is 0 Å². The minimum Gasteiger partial charge on any atom is -0.462 e. The molecule has 0 aliphatic carbocycles. The Morgan fingerprint density at radius 1 is 1.18 bits per heavy atom. The maximum absolute atomic E-state index is 13.7. The quantitative estimate of drug-likeness (QED) is 0.533. The largest absolute Gasteiger partial charge is 0.462 e. The number of rotatable bonds is 6. The molecule has 1 aromatic carbocycles. The molecule has 33 heavy (non-hydrogen) atoms. The van der Waals surface area contributed by atoms with E-state index < -0.39 is 16.0 Å². The van der Waals surface area contributed by atoms with Crippen LogP contribution in [-0.4, -0.2) is 72.4 Å². The first kappa shape index (κ1) is 22.1. The Labute approximate surface area is 191 Å². The predicted molar refractivity (Wildman–Crippen MR) is 125 cm³/mol. The Morgan fingerprint density at radius 3 is 2.73 bits per heavy atom. The fraction of sp³-hybridized carbons (Fsp3) is 0.478. The monoisotopic (exact) mass is 472 g/mol. The van der Waals surface area contributed by atoms with Crippen LogP contribution in [0.25, 0.3) is 21.8 Å². The normalized spacial score (nSPS) is 20.2. The lowest BCUT2D eigenvalue weighted by molar-refractivity contribution is 0.0529. The van der Waals surface area contributed by atoms with Gasteiger partial charge in [-0.3, -0.25) is 4.79 Å². The zero-order valence-electron chi connectivity index (χ0n) is 18.6. The second-order valence-corrected chi connectivity index (χ2v) is 10.6. The van der Waals surface area contributed by atoms with Crippen LogP contribution in [-0.2, 0) is 14.8 Å². The lowest BCUT2D eigenvalue weighted by atomic mass is 10.1. The molecule has 2 aromatic heterocycles. The minimum atomic E-state index is -3.74. The fourth-order valence-electron chi connectivity index (χ4n) is 5.14. The first-order valence-electron chi connectivity index (χ1n) is 11.5. The number of carbonyl (C=O) groups excluding carboxylic acids is 1. The van der Waals surface area contributed by atoms with Crippen molar-refractivity contribution < 1.29 is 17.9 Å². The number of pyridine rings is 1. The number of ether oxygens (including phenoxy) is 1. The summed E-state index contributed by atoms with van der Waals surface area (Å²) in [6, 6.07) is 4.64. The number of aromatic amines is 2. The summed E-state index contributed by atoms with van der Waals surface area (Å²) in [5.74, 6) is -0.561. The Morgan fingerprint density at radius 2 is 1.97 bits per heavy atom. The highest BCUT2D eigenvalue weighted by Crippen LogP contribution is 2.31. The second-order valence-electron chi connectivity index (χ2n) is 8.75. The molecule has 2 fully saturated rings. The predicted octanol–water partition coefficient (Wildman–Crippen LogP) is 2.43. The van der Waals surface area contributed by atoms with Crippen molar-refractivity contribution in [1.82, 2.24) is 19.2 Å². The van der Waals surface area contributed by atoms with Crippen LogP contribution in [0.15, 0.2) is 34.1 Å². The third-order valence-corrected chi connectivity index (χ3v) is 8.66. The van der Waals surface area contributed by atoms with Crippen LogP contribution in [0.4, 0.5) is 0 Å². The van der Waals surface area contributed by atoms with Gasteiger partial charge in [0.15, 0.2) is 0 Å². The molecule has 4 heterocycles. The molecule has 5 rings (SSSR count). The lowest BCUT2D eigenvalue weighted by Gasteiger charge is -2.28.